The van der Waals surface area contributed by atoms with Crippen molar-refractivity contribution in [3.8, 4) is 5.75 Å². The summed E-state index contributed by atoms with van der Waals surface area (Å²) < 4.78 is 1.09. The lowest BCUT2D eigenvalue weighted by Crippen LogP contribution is -2.29. The minimum absolute atomic E-state index is 0.140. The van der Waals surface area contributed by atoms with Crippen molar-refractivity contribution in [3.63, 3.8) is 0 Å². The van der Waals surface area contributed by atoms with E-state index in [1.54, 1.807) is 6.07 Å². The average molecular weight is 424 g/mol. The molecule has 2 nitrogen and oxygen atoms in total. The van der Waals surface area contributed by atoms with E-state index in [2.05, 4.69) is 29.5 Å². The summed E-state index contributed by atoms with van der Waals surface area (Å²) in [6.07, 6.45) is 8.20. The van der Waals surface area contributed by atoms with Crippen LogP contribution in [0.25, 0.3) is 5.57 Å². The van der Waals surface area contributed by atoms with E-state index < -0.39 is 0 Å². The first-order valence-corrected chi connectivity index (χ1v) is 10.3. The second-order valence-corrected chi connectivity index (χ2v) is 8.05. The van der Waals surface area contributed by atoms with Gasteiger partial charge in [0, 0.05) is 11.8 Å². The summed E-state index contributed by atoms with van der Waals surface area (Å²) in [7, 11) is 0. The van der Waals surface area contributed by atoms with Crippen molar-refractivity contribution in [2.24, 2.45) is 5.41 Å². The Bertz CT molecular complexity index is 647. The van der Waals surface area contributed by atoms with Crippen LogP contribution in [0.4, 0.5) is 0 Å². The SMILES string of the molecule is CCCCC12CCC(=O)C(CCCI)=C1c1ccc(O)cc1C2. The summed E-state index contributed by atoms with van der Waals surface area (Å²) >= 11 is 2.39. The zero-order valence-corrected chi connectivity index (χ0v) is 16.0. The Kier molecular flexibility index (Phi) is 5.14. The fourth-order valence-electron chi connectivity index (χ4n) is 4.41. The number of phenols is 1. The van der Waals surface area contributed by atoms with Gasteiger partial charge in [-0.05, 0) is 70.9 Å². The summed E-state index contributed by atoms with van der Waals surface area (Å²) in [4.78, 5) is 12.6. The lowest BCUT2D eigenvalue weighted by Gasteiger charge is -2.36. The number of benzene rings is 1. The van der Waals surface area contributed by atoms with Crippen LogP contribution >= 0.6 is 22.6 Å². The number of fused-ring (bicyclic) bond motifs is 3. The van der Waals surface area contributed by atoms with Crippen molar-refractivity contribution in [3.05, 3.63) is 34.9 Å². The van der Waals surface area contributed by atoms with Gasteiger partial charge in [0.2, 0.25) is 0 Å². The molecule has 2 aliphatic carbocycles. The maximum Gasteiger partial charge on any atom is 0.159 e. The minimum atomic E-state index is 0.140. The van der Waals surface area contributed by atoms with E-state index in [1.807, 2.05) is 12.1 Å². The monoisotopic (exact) mass is 424 g/mol. The Morgan fingerprint density at radius 1 is 1.30 bits per heavy atom. The van der Waals surface area contributed by atoms with Crippen LogP contribution in [0.1, 0.15) is 63.0 Å². The first-order valence-electron chi connectivity index (χ1n) is 8.76. The molecule has 0 fully saturated rings. The molecule has 0 spiro atoms. The quantitative estimate of drug-likeness (QED) is 0.487. The zero-order chi connectivity index (χ0) is 16.4. The number of unbranched alkanes of at least 4 members (excludes halogenated alkanes) is 1. The van der Waals surface area contributed by atoms with E-state index in [0.29, 0.717) is 18.0 Å². The number of hydrogen-bond acceptors (Lipinski definition) is 2. The lowest BCUT2D eigenvalue weighted by atomic mass is 9.66. The van der Waals surface area contributed by atoms with Gasteiger partial charge in [-0.2, -0.15) is 0 Å². The Hall–Kier alpha value is -0.840. The number of aromatic hydroxyl groups is 1. The summed E-state index contributed by atoms with van der Waals surface area (Å²) in [6, 6.07) is 5.72. The smallest absolute Gasteiger partial charge is 0.159 e. The average Bonchev–Trinajstić information content (AvgIpc) is 2.86. The number of alkyl halides is 1. The van der Waals surface area contributed by atoms with Crippen LogP contribution in [0.2, 0.25) is 0 Å². The molecule has 0 amide bonds. The Morgan fingerprint density at radius 2 is 2.13 bits per heavy atom. The standard InChI is InChI=1S/C20H25IO2/c1-2-3-9-20-10-8-18(23)17(5-4-11-21)19(20)16-7-6-15(22)12-14(16)13-20/h6-7,12,22H,2-5,8-11,13H2,1H3. The normalized spacial score (nSPS) is 23.1. The number of phenolic OH excluding ortho intramolecular Hbond substituents is 1. The van der Waals surface area contributed by atoms with Gasteiger partial charge in [0.05, 0.1) is 0 Å². The fourth-order valence-corrected chi connectivity index (χ4v) is 4.79. The molecule has 0 aliphatic heterocycles. The van der Waals surface area contributed by atoms with Gasteiger partial charge in [-0.25, -0.2) is 0 Å². The third kappa shape index (κ3) is 3.09. The molecule has 1 N–H and O–H groups in total. The fraction of sp³-hybridized carbons (Fsp3) is 0.550. The maximum absolute atomic E-state index is 12.6. The van der Waals surface area contributed by atoms with Gasteiger partial charge in [-0.1, -0.05) is 48.4 Å². The first-order chi connectivity index (χ1) is 11.1. The van der Waals surface area contributed by atoms with E-state index in [0.717, 1.165) is 42.1 Å². The second-order valence-electron chi connectivity index (χ2n) is 6.97. The molecule has 0 bridgehead atoms. The molecular formula is C20H25IO2. The molecule has 124 valence electrons. The lowest BCUT2D eigenvalue weighted by molar-refractivity contribution is -0.116. The van der Waals surface area contributed by atoms with E-state index in [-0.39, 0.29) is 5.41 Å². The van der Waals surface area contributed by atoms with Gasteiger partial charge in [0.15, 0.2) is 5.78 Å². The number of carbonyl (C=O) groups excluding carboxylic acids is 1. The number of hydrogen-bond donors (Lipinski definition) is 1. The van der Waals surface area contributed by atoms with E-state index in [1.165, 1.54) is 29.5 Å². The van der Waals surface area contributed by atoms with Crippen molar-refractivity contribution >= 4 is 33.9 Å². The Morgan fingerprint density at radius 3 is 2.87 bits per heavy atom. The molecule has 1 atom stereocenters. The number of ketones is 1. The summed E-state index contributed by atoms with van der Waals surface area (Å²) in [6.45, 7) is 2.24. The topological polar surface area (TPSA) is 37.3 Å². The molecule has 1 unspecified atom stereocenters. The van der Waals surface area contributed by atoms with Gasteiger partial charge >= 0.3 is 0 Å². The molecule has 3 heteroatoms. The molecular weight excluding hydrogens is 399 g/mol. The molecule has 0 heterocycles. The number of halogens is 1. The summed E-state index contributed by atoms with van der Waals surface area (Å²) in [5, 5.41) is 9.87. The van der Waals surface area contributed by atoms with Crippen LogP contribution in [0.5, 0.6) is 5.75 Å². The van der Waals surface area contributed by atoms with Crippen molar-refractivity contribution < 1.29 is 9.90 Å². The van der Waals surface area contributed by atoms with Crippen molar-refractivity contribution in [2.75, 3.05) is 4.43 Å². The van der Waals surface area contributed by atoms with Crippen LogP contribution in [0, 0.1) is 5.41 Å². The molecule has 23 heavy (non-hydrogen) atoms. The van der Waals surface area contributed by atoms with Crippen LogP contribution in [0.3, 0.4) is 0 Å². The number of allylic oxidation sites excluding steroid dienone is 2. The van der Waals surface area contributed by atoms with Crippen LogP contribution in [-0.2, 0) is 11.2 Å². The highest BCUT2D eigenvalue weighted by Crippen LogP contribution is 2.57. The van der Waals surface area contributed by atoms with Gasteiger partial charge in [-0.3, -0.25) is 4.79 Å². The first kappa shape index (κ1) is 17.0. The number of carbonyl (C=O) groups is 1. The molecule has 3 rings (SSSR count). The molecule has 2 aliphatic rings. The van der Waals surface area contributed by atoms with Gasteiger partial charge < -0.3 is 5.11 Å². The second kappa shape index (κ2) is 6.96. The highest BCUT2D eigenvalue weighted by Gasteiger charge is 2.46. The van der Waals surface area contributed by atoms with Gasteiger partial charge in [-0.15, -0.1) is 0 Å². The van der Waals surface area contributed by atoms with Crippen LogP contribution in [0.15, 0.2) is 23.8 Å². The predicted octanol–water partition coefficient (Wildman–Crippen LogP) is 5.46. The third-order valence-electron chi connectivity index (χ3n) is 5.46. The van der Waals surface area contributed by atoms with Crippen molar-refractivity contribution in [2.45, 2.75) is 58.3 Å². The molecule has 1 aromatic rings. The van der Waals surface area contributed by atoms with Crippen molar-refractivity contribution in [1.29, 1.82) is 0 Å². The molecule has 1 aromatic carbocycles. The summed E-state index contributed by atoms with van der Waals surface area (Å²) in [5.74, 6) is 0.701. The number of Topliss-reactive ketones (excluding diaryl/α,β-unsaturated/α-hetero) is 1. The third-order valence-corrected chi connectivity index (χ3v) is 6.22. The maximum atomic E-state index is 12.6. The van der Waals surface area contributed by atoms with Gasteiger partial charge in [0.25, 0.3) is 0 Å². The molecule has 0 radical (unpaired) electrons. The van der Waals surface area contributed by atoms with Gasteiger partial charge in [0.1, 0.15) is 5.75 Å². The van der Waals surface area contributed by atoms with Crippen molar-refractivity contribution in [1.82, 2.24) is 0 Å². The van der Waals surface area contributed by atoms with Crippen LogP contribution in [-0.4, -0.2) is 15.3 Å². The van der Waals surface area contributed by atoms with Crippen LogP contribution < -0.4 is 0 Å². The Balaban J connectivity index is 2.12. The predicted molar refractivity (Wildman–Crippen MR) is 103 cm³/mol. The minimum Gasteiger partial charge on any atom is -0.508 e. The molecule has 0 saturated heterocycles. The number of rotatable bonds is 6. The zero-order valence-electron chi connectivity index (χ0n) is 13.8. The molecule has 0 aromatic heterocycles. The highest BCUT2D eigenvalue weighted by molar-refractivity contribution is 14.1. The van der Waals surface area contributed by atoms with E-state index in [9.17, 15) is 9.90 Å². The Labute approximate surface area is 152 Å². The van der Waals surface area contributed by atoms with E-state index in [4.69, 9.17) is 0 Å². The summed E-state index contributed by atoms with van der Waals surface area (Å²) in [5.41, 5.74) is 5.03. The highest BCUT2D eigenvalue weighted by atomic mass is 127. The largest absolute Gasteiger partial charge is 0.508 e. The van der Waals surface area contributed by atoms with E-state index >= 15 is 0 Å². The molecule has 0 saturated carbocycles.